The van der Waals surface area contributed by atoms with Crippen LogP contribution >= 0.6 is 0 Å². The van der Waals surface area contributed by atoms with Crippen molar-refractivity contribution in [1.82, 2.24) is 15.1 Å². The van der Waals surface area contributed by atoms with Crippen molar-refractivity contribution >= 4 is 11.9 Å². The number of benzene rings is 2. The first-order valence-corrected chi connectivity index (χ1v) is 11.6. The number of aryl methyl sites for hydroxylation is 1. The molecule has 2 N–H and O–H groups in total. The lowest BCUT2D eigenvalue weighted by molar-refractivity contribution is -0.132. The fourth-order valence-corrected chi connectivity index (χ4v) is 4.82. The Balaban J connectivity index is 1.61. The largest absolute Gasteiger partial charge is 0.338 e. The lowest BCUT2D eigenvalue weighted by Crippen LogP contribution is -2.46. The molecular formula is C26H34N4O. The molecular weight excluding hydrogens is 384 g/mol. The molecule has 1 amide bonds. The summed E-state index contributed by atoms with van der Waals surface area (Å²) in [5.74, 6) is 0.541. The van der Waals surface area contributed by atoms with Crippen LogP contribution in [-0.2, 0) is 10.3 Å². The van der Waals surface area contributed by atoms with Gasteiger partial charge in [0.1, 0.15) is 5.54 Å². The maximum atomic E-state index is 13.7. The summed E-state index contributed by atoms with van der Waals surface area (Å²) in [6.45, 7) is 9.98. The van der Waals surface area contributed by atoms with Crippen LogP contribution in [-0.4, -0.2) is 47.8 Å². The first kappa shape index (κ1) is 21.6. The van der Waals surface area contributed by atoms with Gasteiger partial charge < -0.3 is 10.2 Å². The third-order valence-corrected chi connectivity index (χ3v) is 6.78. The van der Waals surface area contributed by atoms with E-state index < -0.39 is 5.54 Å². The zero-order valence-corrected chi connectivity index (χ0v) is 18.9. The summed E-state index contributed by atoms with van der Waals surface area (Å²) in [4.78, 5) is 17.8. The lowest BCUT2D eigenvalue weighted by atomic mass is 9.83. The van der Waals surface area contributed by atoms with Gasteiger partial charge in [0.15, 0.2) is 5.96 Å². The SMILES string of the molecule is CCN(CC)CCCN1C(=N)NC(c2cccc(-c3cccc(C)c3)c2)(C2CC2)C1=O. The quantitative estimate of drug-likeness (QED) is 0.636. The Morgan fingerprint density at radius 2 is 1.77 bits per heavy atom. The summed E-state index contributed by atoms with van der Waals surface area (Å²) in [6.07, 6.45) is 2.92. The summed E-state index contributed by atoms with van der Waals surface area (Å²) < 4.78 is 0. The molecule has 1 aliphatic carbocycles. The van der Waals surface area contributed by atoms with E-state index in [0.29, 0.717) is 6.54 Å². The molecule has 1 atom stereocenters. The van der Waals surface area contributed by atoms with Crippen LogP contribution < -0.4 is 5.32 Å². The smallest absolute Gasteiger partial charge is 0.259 e. The van der Waals surface area contributed by atoms with E-state index in [1.165, 1.54) is 5.56 Å². The molecule has 1 unspecified atom stereocenters. The van der Waals surface area contributed by atoms with Gasteiger partial charge in [-0.05, 0) is 74.5 Å². The van der Waals surface area contributed by atoms with Crippen LogP contribution in [0.2, 0.25) is 0 Å². The van der Waals surface area contributed by atoms with Crippen LogP contribution in [0.15, 0.2) is 48.5 Å². The van der Waals surface area contributed by atoms with Crippen molar-refractivity contribution in [2.45, 2.75) is 45.6 Å². The number of hydrogen-bond donors (Lipinski definition) is 2. The molecule has 2 aliphatic rings. The van der Waals surface area contributed by atoms with E-state index in [0.717, 1.165) is 55.6 Å². The van der Waals surface area contributed by atoms with E-state index in [9.17, 15) is 4.79 Å². The molecule has 0 bridgehead atoms. The summed E-state index contributed by atoms with van der Waals surface area (Å²) in [6, 6.07) is 16.8. The van der Waals surface area contributed by atoms with Crippen LogP contribution in [0.3, 0.4) is 0 Å². The Morgan fingerprint density at radius 3 is 2.42 bits per heavy atom. The van der Waals surface area contributed by atoms with Crippen molar-refractivity contribution in [3.05, 3.63) is 59.7 Å². The van der Waals surface area contributed by atoms with Crippen LogP contribution in [0.1, 0.15) is 44.2 Å². The first-order valence-electron chi connectivity index (χ1n) is 11.6. The molecule has 2 aromatic rings. The molecule has 5 nitrogen and oxygen atoms in total. The first-order chi connectivity index (χ1) is 15.0. The number of hydrogen-bond acceptors (Lipinski definition) is 3. The fourth-order valence-electron chi connectivity index (χ4n) is 4.82. The molecule has 2 fully saturated rings. The zero-order valence-electron chi connectivity index (χ0n) is 18.9. The second-order valence-electron chi connectivity index (χ2n) is 8.84. The number of guanidine groups is 1. The van der Waals surface area contributed by atoms with Crippen molar-refractivity contribution in [2.24, 2.45) is 5.92 Å². The second-order valence-corrected chi connectivity index (χ2v) is 8.84. The van der Waals surface area contributed by atoms with Gasteiger partial charge in [0.2, 0.25) is 0 Å². The number of nitrogens with zero attached hydrogens (tertiary/aromatic N) is 2. The molecule has 31 heavy (non-hydrogen) atoms. The molecule has 2 aromatic carbocycles. The van der Waals surface area contributed by atoms with E-state index in [4.69, 9.17) is 5.41 Å². The average Bonchev–Trinajstić information content (AvgIpc) is 3.59. The molecule has 1 aliphatic heterocycles. The maximum Gasteiger partial charge on any atom is 0.259 e. The summed E-state index contributed by atoms with van der Waals surface area (Å²) in [5, 5.41) is 11.9. The van der Waals surface area contributed by atoms with Gasteiger partial charge in [0.05, 0.1) is 0 Å². The summed E-state index contributed by atoms with van der Waals surface area (Å²) in [7, 11) is 0. The fraction of sp³-hybridized carbons (Fsp3) is 0.462. The maximum absolute atomic E-state index is 13.7. The van der Waals surface area contributed by atoms with Crippen LogP contribution in [0.5, 0.6) is 0 Å². The Morgan fingerprint density at radius 1 is 1.10 bits per heavy atom. The lowest BCUT2D eigenvalue weighted by Gasteiger charge is -2.28. The molecule has 1 saturated carbocycles. The number of amides is 1. The monoisotopic (exact) mass is 418 g/mol. The molecule has 164 valence electrons. The minimum absolute atomic E-state index is 0.0425. The predicted octanol–water partition coefficient (Wildman–Crippen LogP) is 4.37. The standard InChI is InChI=1S/C26H34N4O/c1-4-29(5-2)15-8-16-30-24(31)26(22-13-14-22,28-25(30)27)23-12-7-11-21(18-23)20-10-6-9-19(3)17-20/h6-7,9-12,17-18,22H,4-5,8,13-16H2,1-3H3,(H2,27,28). The Labute approximate surface area is 186 Å². The van der Waals surface area contributed by atoms with Gasteiger partial charge in [-0.2, -0.15) is 0 Å². The average molecular weight is 419 g/mol. The zero-order chi connectivity index (χ0) is 22.0. The van der Waals surface area contributed by atoms with Crippen molar-refractivity contribution in [3.63, 3.8) is 0 Å². The van der Waals surface area contributed by atoms with Crippen LogP contribution in [0, 0.1) is 18.3 Å². The summed E-state index contributed by atoms with van der Waals surface area (Å²) in [5.41, 5.74) is 3.67. The van der Waals surface area contributed by atoms with E-state index in [2.05, 4.69) is 73.5 Å². The van der Waals surface area contributed by atoms with Gasteiger partial charge >= 0.3 is 0 Å². The van der Waals surface area contributed by atoms with Gasteiger partial charge in [0.25, 0.3) is 5.91 Å². The Bertz CT molecular complexity index is 963. The molecule has 0 spiro atoms. The Kier molecular flexibility index (Phi) is 6.15. The number of nitrogens with one attached hydrogen (secondary N) is 2. The van der Waals surface area contributed by atoms with E-state index in [-0.39, 0.29) is 17.8 Å². The van der Waals surface area contributed by atoms with Crippen molar-refractivity contribution < 1.29 is 4.79 Å². The van der Waals surface area contributed by atoms with Gasteiger partial charge in [0, 0.05) is 6.54 Å². The van der Waals surface area contributed by atoms with Crippen LogP contribution in [0.25, 0.3) is 11.1 Å². The normalized spacial score (nSPS) is 21.1. The predicted molar refractivity (Wildman–Crippen MR) is 126 cm³/mol. The molecule has 0 aromatic heterocycles. The minimum atomic E-state index is -0.799. The second kappa shape index (κ2) is 8.83. The Hall–Kier alpha value is -2.66. The van der Waals surface area contributed by atoms with Gasteiger partial charge in [-0.1, -0.05) is 61.9 Å². The van der Waals surface area contributed by atoms with Crippen molar-refractivity contribution in [1.29, 1.82) is 5.41 Å². The van der Waals surface area contributed by atoms with Gasteiger partial charge in [-0.15, -0.1) is 0 Å². The van der Waals surface area contributed by atoms with Crippen molar-refractivity contribution in [2.75, 3.05) is 26.2 Å². The molecule has 0 radical (unpaired) electrons. The van der Waals surface area contributed by atoms with Gasteiger partial charge in [-0.3, -0.25) is 15.1 Å². The molecule has 5 heteroatoms. The third kappa shape index (κ3) is 4.11. The number of rotatable bonds is 9. The highest BCUT2D eigenvalue weighted by atomic mass is 16.2. The van der Waals surface area contributed by atoms with E-state index >= 15 is 0 Å². The molecule has 1 heterocycles. The molecule has 1 saturated heterocycles. The number of carbonyl (C=O) groups is 1. The highest BCUT2D eigenvalue weighted by molar-refractivity contribution is 6.08. The highest BCUT2D eigenvalue weighted by Crippen LogP contribution is 2.49. The van der Waals surface area contributed by atoms with E-state index in [1.807, 2.05) is 6.07 Å². The summed E-state index contributed by atoms with van der Waals surface area (Å²) >= 11 is 0. The van der Waals surface area contributed by atoms with Crippen molar-refractivity contribution in [3.8, 4) is 11.1 Å². The topological polar surface area (TPSA) is 59.4 Å². The van der Waals surface area contributed by atoms with Gasteiger partial charge in [-0.25, -0.2) is 0 Å². The van der Waals surface area contributed by atoms with E-state index in [1.54, 1.807) is 4.90 Å². The minimum Gasteiger partial charge on any atom is -0.338 e. The molecule has 4 rings (SSSR count). The highest BCUT2D eigenvalue weighted by Gasteiger charge is 2.58. The van der Waals surface area contributed by atoms with Crippen LogP contribution in [0.4, 0.5) is 0 Å². The third-order valence-electron chi connectivity index (χ3n) is 6.78. The number of carbonyl (C=O) groups excluding carboxylic acids is 1.